The Labute approximate surface area is 158 Å². The lowest BCUT2D eigenvalue weighted by Crippen LogP contribution is -2.21. The van der Waals surface area contributed by atoms with E-state index in [1.807, 2.05) is 11.8 Å². The molecule has 0 N–H and O–H groups in total. The maximum absolute atomic E-state index is 3.94. The third-order valence-corrected chi connectivity index (χ3v) is 7.96. The molecule has 0 fully saturated rings. The van der Waals surface area contributed by atoms with E-state index in [9.17, 15) is 0 Å². The van der Waals surface area contributed by atoms with Gasteiger partial charge in [0.15, 0.2) is 0 Å². The van der Waals surface area contributed by atoms with E-state index in [4.69, 9.17) is 0 Å². The van der Waals surface area contributed by atoms with Crippen LogP contribution in [0.3, 0.4) is 0 Å². The number of hydrogen-bond donors (Lipinski definition) is 0. The predicted molar refractivity (Wildman–Crippen MR) is 110 cm³/mol. The molecular weight excluding hydrogens is 376 g/mol. The highest BCUT2D eigenvalue weighted by Crippen LogP contribution is 2.56. The maximum Gasteiger partial charge on any atom is 0.0544 e. The van der Waals surface area contributed by atoms with Crippen LogP contribution in [0.2, 0.25) is 0 Å². The van der Waals surface area contributed by atoms with E-state index >= 15 is 0 Å². The van der Waals surface area contributed by atoms with E-state index in [0.29, 0.717) is 5.25 Å². The number of thioether (sulfide) groups is 1. The molecule has 0 radical (unpaired) electrons. The van der Waals surface area contributed by atoms with Crippen LogP contribution < -0.4 is 0 Å². The summed E-state index contributed by atoms with van der Waals surface area (Å²) in [4.78, 5) is 1.45. The number of rotatable bonds is 2. The summed E-state index contributed by atoms with van der Waals surface area (Å²) in [5.41, 5.74) is 10.2. The summed E-state index contributed by atoms with van der Waals surface area (Å²) in [5.74, 6) is 0. The Morgan fingerprint density at radius 3 is 2.58 bits per heavy atom. The molecule has 0 aromatic carbocycles. The highest BCUT2D eigenvalue weighted by Gasteiger charge is 2.40. The molecule has 0 aromatic heterocycles. The van der Waals surface area contributed by atoms with E-state index < -0.39 is 0 Å². The summed E-state index contributed by atoms with van der Waals surface area (Å²) >= 11 is 5.94. The van der Waals surface area contributed by atoms with Crippen molar-refractivity contribution in [2.75, 3.05) is 0 Å². The van der Waals surface area contributed by atoms with Crippen molar-refractivity contribution >= 4 is 27.7 Å². The molecule has 2 heteroatoms. The molecule has 24 heavy (non-hydrogen) atoms. The number of halogens is 1. The smallest absolute Gasteiger partial charge is 0.0544 e. The molecule has 124 valence electrons. The summed E-state index contributed by atoms with van der Waals surface area (Å²) in [6.45, 7) is 11.5. The Morgan fingerprint density at radius 2 is 1.92 bits per heavy atom. The van der Waals surface area contributed by atoms with Crippen molar-refractivity contribution < 1.29 is 0 Å². The second kappa shape index (κ2) is 5.51. The Balaban J connectivity index is 1.80. The minimum atomic E-state index is 0.0727. The minimum Gasteiger partial charge on any atom is -0.118 e. The van der Waals surface area contributed by atoms with Gasteiger partial charge in [0, 0.05) is 9.90 Å². The SMILES string of the molecule is CC1=C(C(C)(C)C2=CC=CC2)C2=CC3SC(C)=C(C)C3=C(Br)C2=C1. The number of allylic oxidation sites excluding steroid dienone is 12. The zero-order chi connectivity index (χ0) is 17.2. The van der Waals surface area contributed by atoms with Gasteiger partial charge in [0.05, 0.1) is 5.25 Å². The van der Waals surface area contributed by atoms with Gasteiger partial charge in [0.2, 0.25) is 0 Å². The van der Waals surface area contributed by atoms with E-state index in [1.165, 1.54) is 48.4 Å². The Kier molecular flexibility index (Phi) is 3.78. The fourth-order valence-electron chi connectivity index (χ4n) is 4.41. The normalized spacial score (nSPS) is 26.1. The fourth-order valence-corrected chi connectivity index (χ4v) is 6.72. The average molecular weight is 399 g/mol. The molecular formula is C22H23BrS. The molecule has 0 spiro atoms. The zero-order valence-corrected chi connectivity index (χ0v) is 17.4. The van der Waals surface area contributed by atoms with Crippen molar-refractivity contribution in [3.63, 3.8) is 0 Å². The van der Waals surface area contributed by atoms with Crippen LogP contribution in [0, 0.1) is 5.41 Å². The predicted octanol–water partition coefficient (Wildman–Crippen LogP) is 7.15. The summed E-state index contributed by atoms with van der Waals surface area (Å²) in [5, 5.41) is 0.457. The van der Waals surface area contributed by atoms with Crippen LogP contribution in [0.1, 0.15) is 41.0 Å². The highest BCUT2D eigenvalue weighted by atomic mass is 79.9. The molecule has 0 bridgehead atoms. The fraction of sp³-hybridized carbons (Fsp3) is 0.364. The van der Waals surface area contributed by atoms with Gasteiger partial charge in [-0.3, -0.25) is 0 Å². The van der Waals surface area contributed by atoms with Crippen LogP contribution in [0.25, 0.3) is 0 Å². The summed E-state index contributed by atoms with van der Waals surface area (Å²) in [7, 11) is 0. The van der Waals surface area contributed by atoms with Crippen LogP contribution >= 0.6 is 27.7 Å². The van der Waals surface area contributed by atoms with Gasteiger partial charge in [-0.25, -0.2) is 0 Å². The molecule has 0 saturated carbocycles. The number of fused-ring (bicyclic) bond motifs is 2. The lowest BCUT2D eigenvalue weighted by molar-refractivity contribution is 0.536. The van der Waals surface area contributed by atoms with Crippen molar-refractivity contribution in [2.24, 2.45) is 5.41 Å². The van der Waals surface area contributed by atoms with Crippen LogP contribution in [0.4, 0.5) is 0 Å². The van der Waals surface area contributed by atoms with Crippen LogP contribution in [-0.4, -0.2) is 5.25 Å². The molecule has 1 unspecified atom stereocenters. The topological polar surface area (TPSA) is 0 Å². The maximum atomic E-state index is 3.94. The van der Waals surface area contributed by atoms with Gasteiger partial charge >= 0.3 is 0 Å². The Bertz CT molecular complexity index is 866. The van der Waals surface area contributed by atoms with Crippen molar-refractivity contribution in [2.45, 2.75) is 46.3 Å². The zero-order valence-electron chi connectivity index (χ0n) is 15.0. The first-order chi connectivity index (χ1) is 11.3. The first kappa shape index (κ1) is 16.5. The molecule has 0 nitrogen and oxygen atoms in total. The Hall–Kier alpha value is -0.990. The summed E-state index contributed by atoms with van der Waals surface area (Å²) < 4.78 is 1.30. The van der Waals surface area contributed by atoms with Gasteiger partial charge in [-0.05, 0) is 87.5 Å². The Morgan fingerprint density at radius 1 is 1.17 bits per heavy atom. The molecule has 0 aromatic rings. The number of hydrogen-bond acceptors (Lipinski definition) is 1. The molecule has 4 rings (SSSR count). The van der Waals surface area contributed by atoms with Gasteiger partial charge in [-0.2, -0.15) is 0 Å². The first-order valence-corrected chi connectivity index (χ1v) is 10.3. The van der Waals surface area contributed by atoms with Gasteiger partial charge in [-0.15, -0.1) is 11.8 Å². The monoisotopic (exact) mass is 398 g/mol. The molecule has 4 aliphatic rings. The molecule has 1 aliphatic heterocycles. The first-order valence-electron chi connectivity index (χ1n) is 8.58. The van der Waals surface area contributed by atoms with E-state index in [2.05, 4.69) is 80.9 Å². The largest absolute Gasteiger partial charge is 0.118 e. The van der Waals surface area contributed by atoms with Gasteiger partial charge in [0.1, 0.15) is 0 Å². The van der Waals surface area contributed by atoms with Crippen LogP contribution in [0.5, 0.6) is 0 Å². The third-order valence-electron chi connectivity index (χ3n) is 5.83. The van der Waals surface area contributed by atoms with Crippen molar-refractivity contribution in [3.05, 3.63) is 78.8 Å². The second-order valence-electron chi connectivity index (χ2n) is 7.59. The van der Waals surface area contributed by atoms with Crippen LogP contribution in [-0.2, 0) is 0 Å². The summed E-state index contributed by atoms with van der Waals surface area (Å²) in [6, 6.07) is 0. The lowest BCUT2D eigenvalue weighted by Gasteiger charge is -2.33. The van der Waals surface area contributed by atoms with E-state index in [0.717, 1.165) is 6.42 Å². The second-order valence-corrected chi connectivity index (χ2v) is 9.74. The lowest BCUT2D eigenvalue weighted by atomic mass is 9.71. The quantitative estimate of drug-likeness (QED) is 0.475. The average Bonchev–Trinajstić information content (AvgIpc) is 3.19. The highest BCUT2D eigenvalue weighted by molar-refractivity contribution is 9.12. The van der Waals surface area contributed by atoms with Gasteiger partial charge in [0.25, 0.3) is 0 Å². The molecule has 0 saturated heterocycles. The minimum absolute atomic E-state index is 0.0727. The van der Waals surface area contributed by atoms with Crippen molar-refractivity contribution in [1.29, 1.82) is 0 Å². The molecule has 1 heterocycles. The van der Waals surface area contributed by atoms with Gasteiger partial charge in [-0.1, -0.05) is 43.7 Å². The standard InChI is InChI=1S/C22H23BrS/c1-12-10-17-16(20(12)22(4,5)15-8-6-7-9-15)11-18-19(21(17)23)13(2)14(3)24-18/h6-8,10-11,18H,9H2,1-5H3. The third kappa shape index (κ3) is 2.19. The van der Waals surface area contributed by atoms with E-state index in [-0.39, 0.29) is 5.41 Å². The molecule has 1 atom stereocenters. The molecule has 3 aliphatic carbocycles. The van der Waals surface area contributed by atoms with Crippen molar-refractivity contribution in [3.8, 4) is 0 Å². The molecule has 0 amide bonds. The van der Waals surface area contributed by atoms with Gasteiger partial charge < -0.3 is 0 Å². The summed E-state index contributed by atoms with van der Waals surface area (Å²) in [6.07, 6.45) is 12.7. The van der Waals surface area contributed by atoms with Crippen molar-refractivity contribution in [1.82, 2.24) is 0 Å². The van der Waals surface area contributed by atoms with E-state index in [1.54, 1.807) is 0 Å². The van der Waals surface area contributed by atoms with Crippen LogP contribution in [0.15, 0.2) is 78.8 Å².